The summed E-state index contributed by atoms with van der Waals surface area (Å²) in [5.41, 5.74) is 3.60. The van der Waals surface area contributed by atoms with Crippen LogP contribution in [-0.2, 0) is 0 Å². The van der Waals surface area contributed by atoms with Gasteiger partial charge in [-0.1, -0.05) is 30.3 Å². The molecule has 0 saturated carbocycles. The SMILES string of the molecule is COc1ncc(-c2c(-c3ccccc3)ncn2[C@H](CO)CCSC)cn1. The molecule has 2 heterocycles. The number of nitrogens with zero attached hydrogens (tertiary/aromatic N) is 4. The second kappa shape index (κ2) is 8.82. The van der Waals surface area contributed by atoms with Gasteiger partial charge in [-0.25, -0.2) is 15.0 Å². The maximum absolute atomic E-state index is 9.93. The number of aliphatic hydroxyl groups excluding tert-OH is 1. The van der Waals surface area contributed by atoms with E-state index in [4.69, 9.17) is 4.74 Å². The zero-order valence-corrected chi connectivity index (χ0v) is 15.7. The first-order chi connectivity index (χ1) is 12.8. The lowest BCUT2D eigenvalue weighted by Crippen LogP contribution is -2.15. The number of thioether (sulfide) groups is 1. The number of aromatic nitrogens is 4. The van der Waals surface area contributed by atoms with E-state index in [1.165, 1.54) is 0 Å². The monoisotopic (exact) mass is 370 g/mol. The number of benzene rings is 1. The second-order valence-corrected chi connectivity index (χ2v) is 6.78. The zero-order chi connectivity index (χ0) is 18.4. The van der Waals surface area contributed by atoms with E-state index in [0.29, 0.717) is 6.01 Å². The van der Waals surface area contributed by atoms with Gasteiger partial charge in [-0.15, -0.1) is 0 Å². The highest BCUT2D eigenvalue weighted by molar-refractivity contribution is 7.98. The van der Waals surface area contributed by atoms with Crippen LogP contribution in [0.4, 0.5) is 0 Å². The normalized spacial score (nSPS) is 12.1. The maximum atomic E-state index is 9.93. The molecular formula is C19H22N4O2S. The Morgan fingerprint density at radius 1 is 1.12 bits per heavy atom. The Morgan fingerprint density at radius 3 is 2.46 bits per heavy atom. The third kappa shape index (κ3) is 3.89. The fourth-order valence-corrected chi connectivity index (χ4v) is 3.35. The fraction of sp³-hybridized carbons (Fsp3) is 0.316. The molecule has 7 heteroatoms. The first-order valence-electron chi connectivity index (χ1n) is 8.37. The van der Waals surface area contributed by atoms with Crippen molar-refractivity contribution in [1.82, 2.24) is 19.5 Å². The Balaban J connectivity index is 2.11. The molecule has 136 valence electrons. The van der Waals surface area contributed by atoms with E-state index in [-0.39, 0.29) is 12.6 Å². The number of methoxy groups -OCH3 is 1. The molecule has 6 nitrogen and oxygen atoms in total. The highest BCUT2D eigenvalue weighted by Crippen LogP contribution is 2.33. The number of hydrogen-bond acceptors (Lipinski definition) is 6. The number of rotatable bonds is 8. The van der Waals surface area contributed by atoms with Gasteiger partial charge in [0.05, 0.1) is 37.5 Å². The van der Waals surface area contributed by atoms with Gasteiger partial charge in [-0.3, -0.25) is 0 Å². The number of aliphatic hydroxyl groups is 1. The molecule has 2 aromatic heterocycles. The van der Waals surface area contributed by atoms with Crippen LogP contribution in [0.15, 0.2) is 49.1 Å². The Labute approximate surface area is 157 Å². The van der Waals surface area contributed by atoms with Crippen molar-refractivity contribution < 1.29 is 9.84 Å². The summed E-state index contributed by atoms with van der Waals surface area (Å²) in [6, 6.07) is 10.3. The molecule has 0 bridgehead atoms. The molecule has 0 radical (unpaired) electrons. The predicted octanol–water partition coefficient (Wildman–Crippen LogP) is 3.30. The number of ether oxygens (including phenoxy) is 1. The van der Waals surface area contributed by atoms with Crippen LogP contribution >= 0.6 is 11.8 Å². The lowest BCUT2D eigenvalue weighted by molar-refractivity contribution is 0.226. The summed E-state index contributed by atoms with van der Waals surface area (Å²) < 4.78 is 7.10. The summed E-state index contributed by atoms with van der Waals surface area (Å²) in [6.07, 6.45) is 8.18. The summed E-state index contributed by atoms with van der Waals surface area (Å²) in [5.74, 6) is 0.961. The molecule has 0 spiro atoms. The van der Waals surface area contributed by atoms with E-state index in [1.807, 2.05) is 34.9 Å². The van der Waals surface area contributed by atoms with Crippen LogP contribution in [-0.4, -0.2) is 50.4 Å². The third-order valence-electron chi connectivity index (χ3n) is 4.18. The molecule has 1 aromatic carbocycles. The maximum Gasteiger partial charge on any atom is 0.316 e. The van der Waals surface area contributed by atoms with E-state index in [1.54, 1.807) is 37.6 Å². The van der Waals surface area contributed by atoms with Crippen LogP contribution in [0.3, 0.4) is 0 Å². The highest BCUT2D eigenvalue weighted by atomic mass is 32.2. The van der Waals surface area contributed by atoms with Gasteiger partial charge in [-0.2, -0.15) is 11.8 Å². The van der Waals surface area contributed by atoms with Crippen LogP contribution in [0.2, 0.25) is 0 Å². The largest absolute Gasteiger partial charge is 0.467 e. The van der Waals surface area contributed by atoms with Crippen molar-refractivity contribution in [1.29, 1.82) is 0 Å². The summed E-state index contributed by atoms with van der Waals surface area (Å²) in [4.78, 5) is 13.1. The molecule has 3 aromatic rings. The van der Waals surface area contributed by atoms with E-state index < -0.39 is 0 Å². The van der Waals surface area contributed by atoms with Crippen molar-refractivity contribution in [3.8, 4) is 28.5 Å². The molecule has 1 N–H and O–H groups in total. The van der Waals surface area contributed by atoms with Crippen LogP contribution in [0.5, 0.6) is 6.01 Å². The summed E-state index contributed by atoms with van der Waals surface area (Å²) in [7, 11) is 1.54. The average molecular weight is 370 g/mol. The second-order valence-electron chi connectivity index (χ2n) is 5.79. The lowest BCUT2D eigenvalue weighted by Gasteiger charge is -2.19. The third-order valence-corrected chi connectivity index (χ3v) is 4.83. The van der Waals surface area contributed by atoms with Crippen molar-refractivity contribution in [3.63, 3.8) is 0 Å². The summed E-state index contributed by atoms with van der Waals surface area (Å²) >= 11 is 1.76. The molecule has 0 saturated heterocycles. The average Bonchev–Trinajstić information content (AvgIpc) is 3.14. The van der Waals surface area contributed by atoms with Gasteiger partial charge < -0.3 is 14.4 Å². The molecule has 1 atom stereocenters. The Kier molecular flexibility index (Phi) is 6.25. The van der Waals surface area contributed by atoms with Crippen molar-refractivity contribution in [3.05, 3.63) is 49.1 Å². The molecular weight excluding hydrogens is 348 g/mol. The quantitative estimate of drug-likeness (QED) is 0.656. The van der Waals surface area contributed by atoms with E-state index in [9.17, 15) is 5.11 Å². The van der Waals surface area contributed by atoms with Crippen molar-refractivity contribution in [2.45, 2.75) is 12.5 Å². The molecule has 26 heavy (non-hydrogen) atoms. The van der Waals surface area contributed by atoms with Crippen LogP contribution in [0.25, 0.3) is 22.5 Å². The van der Waals surface area contributed by atoms with Crippen LogP contribution in [0.1, 0.15) is 12.5 Å². The van der Waals surface area contributed by atoms with Gasteiger partial charge in [0.2, 0.25) is 0 Å². The van der Waals surface area contributed by atoms with Crippen molar-refractivity contribution >= 4 is 11.8 Å². The minimum atomic E-state index is -0.0514. The topological polar surface area (TPSA) is 73.1 Å². The van der Waals surface area contributed by atoms with Gasteiger partial charge in [0.1, 0.15) is 0 Å². The minimum Gasteiger partial charge on any atom is -0.467 e. The summed E-state index contributed by atoms with van der Waals surface area (Å²) in [5, 5.41) is 9.93. The fourth-order valence-electron chi connectivity index (χ4n) is 2.85. The van der Waals surface area contributed by atoms with E-state index in [2.05, 4.69) is 21.2 Å². The first-order valence-corrected chi connectivity index (χ1v) is 9.76. The zero-order valence-electron chi connectivity index (χ0n) is 14.9. The van der Waals surface area contributed by atoms with Crippen molar-refractivity contribution in [2.75, 3.05) is 25.7 Å². The highest BCUT2D eigenvalue weighted by Gasteiger charge is 2.21. The predicted molar refractivity (Wildman–Crippen MR) is 104 cm³/mol. The Hall–Kier alpha value is -2.38. The molecule has 0 fully saturated rings. The van der Waals surface area contributed by atoms with E-state index >= 15 is 0 Å². The van der Waals surface area contributed by atoms with Crippen LogP contribution in [0, 0.1) is 0 Å². The van der Waals surface area contributed by atoms with Gasteiger partial charge in [0, 0.05) is 23.5 Å². The van der Waals surface area contributed by atoms with Gasteiger partial charge in [0.15, 0.2) is 0 Å². The standard InChI is InChI=1S/C19H22N4O2S/c1-25-19-20-10-15(11-21-19)18-17(14-6-4-3-5-7-14)22-13-23(18)16(12-24)8-9-26-2/h3-7,10-11,13,16,24H,8-9,12H2,1-2H3/t16-/m0/s1. The Morgan fingerprint density at radius 2 is 1.85 bits per heavy atom. The van der Waals surface area contributed by atoms with Gasteiger partial charge in [-0.05, 0) is 18.4 Å². The summed E-state index contributed by atoms with van der Waals surface area (Å²) in [6.45, 7) is 0.0508. The van der Waals surface area contributed by atoms with Crippen LogP contribution < -0.4 is 4.74 Å². The molecule has 3 rings (SSSR count). The lowest BCUT2D eigenvalue weighted by atomic mass is 10.1. The molecule has 0 unspecified atom stereocenters. The molecule has 0 amide bonds. The smallest absolute Gasteiger partial charge is 0.316 e. The first kappa shape index (κ1) is 18.4. The molecule has 0 aliphatic heterocycles. The minimum absolute atomic E-state index is 0.0508. The molecule has 0 aliphatic rings. The van der Waals surface area contributed by atoms with Gasteiger partial charge >= 0.3 is 6.01 Å². The van der Waals surface area contributed by atoms with Gasteiger partial charge in [0.25, 0.3) is 0 Å². The Bertz CT molecular complexity index is 821. The number of hydrogen-bond donors (Lipinski definition) is 1. The molecule has 0 aliphatic carbocycles. The number of imidazole rings is 1. The van der Waals surface area contributed by atoms with E-state index in [0.717, 1.165) is 34.7 Å². The van der Waals surface area contributed by atoms with Crippen molar-refractivity contribution in [2.24, 2.45) is 0 Å².